The van der Waals surface area contributed by atoms with Crippen molar-refractivity contribution in [2.45, 2.75) is 77.5 Å². The van der Waals surface area contributed by atoms with Crippen LogP contribution in [0.2, 0.25) is 0 Å². The molecule has 3 amide bonds. The van der Waals surface area contributed by atoms with Crippen molar-refractivity contribution in [1.29, 1.82) is 0 Å². The lowest BCUT2D eigenvalue weighted by atomic mass is 9.96. The van der Waals surface area contributed by atoms with Gasteiger partial charge in [0, 0.05) is 0 Å². The number of nitrogens with one attached hydrogen (secondary N) is 3. The highest BCUT2D eigenvalue weighted by Gasteiger charge is 2.32. The Bertz CT molecular complexity index is 852. The number of thioether (sulfide) groups is 1. The number of nitrogens with two attached hydrogens (primary N) is 1. The molecule has 0 heterocycles. The van der Waals surface area contributed by atoms with Gasteiger partial charge in [-0.2, -0.15) is 11.8 Å². The first-order chi connectivity index (χ1) is 17.0. The molecular weight excluding hydrogens is 480 g/mol. The first-order valence-electron chi connectivity index (χ1n) is 12.4. The molecule has 1 aromatic rings. The molecule has 0 saturated heterocycles. The molecule has 202 valence electrons. The molecule has 36 heavy (non-hydrogen) atoms. The predicted molar refractivity (Wildman–Crippen MR) is 143 cm³/mol. The monoisotopic (exact) mass is 522 g/mol. The van der Waals surface area contributed by atoms with Gasteiger partial charge in [0.1, 0.15) is 18.1 Å². The third-order valence-electron chi connectivity index (χ3n) is 5.99. The van der Waals surface area contributed by atoms with E-state index in [-0.39, 0.29) is 18.3 Å². The lowest BCUT2D eigenvalue weighted by molar-refractivity contribution is -0.142. The predicted octanol–water partition coefficient (Wildman–Crippen LogP) is 1.94. The normalized spacial score (nSPS) is 15.3. The molecule has 5 unspecified atom stereocenters. The number of hydrogen-bond acceptors (Lipinski definition) is 6. The first kappa shape index (κ1) is 31.4. The topological polar surface area (TPSA) is 151 Å². The highest BCUT2D eigenvalue weighted by molar-refractivity contribution is 7.98. The summed E-state index contributed by atoms with van der Waals surface area (Å²) < 4.78 is 0. The number of hydrogen-bond donors (Lipinski definition) is 5. The molecule has 0 aliphatic carbocycles. The molecule has 9 nitrogen and oxygen atoms in total. The van der Waals surface area contributed by atoms with E-state index in [0.29, 0.717) is 25.0 Å². The molecule has 0 bridgehead atoms. The molecule has 0 aliphatic rings. The van der Waals surface area contributed by atoms with E-state index in [4.69, 9.17) is 5.73 Å². The molecule has 0 aliphatic heterocycles. The van der Waals surface area contributed by atoms with Crippen LogP contribution >= 0.6 is 11.8 Å². The lowest BCUT2D eigenvalue weighted by Gasteiger charge is -2.28. The number of rotatable bonds is 16. The second kappa shape index (κ2) is 16.2. The quantitative estimate of drug-likeness (QED) is 0.223. The van der Waals surface area contributed by atoms with E-state index in [9.17, 15) is 24.3 Å². The number of carbonyl (C=O) groups excluding carboxylic acids is 3. The van der Waals surface area contributed by atoms with Gasteiger partial charge in [-0.1, -0.05) is 64.4 Å². The first-order valence-corrected chi connectivity index (χ1v) is 13.8. The van der Waals surface area contributed by atoms with E-state index in [1.807, 2.05) is 64.3 Å². The third kappa shape index (κ3) is 11.0. The minimum Gasteiger partial charge on any atom is -0.480 e. The van der Waals surface area contributed by atoms with Crippen LogP contribution in [0.25, 0.3) is 0 Å². The average Bonchev–Trinajstić information content (AvgIpc) is 2.83. The minimum atomic E-state index is -1.12. The summed E-state index contributed by atoms with van der Waals surface area (Å²) >= 11 is 1.49. The summed E-state index contributed by atoms with van der Waals surface area (Å²) in [5.74, 6) is -2.21. The average molecular weight is 523 g/mol. The maximum atomic E-state index is 13.3. The van der Waals surface area contributed by atoms with Crippen LogP contribution in [-0.2, 0) is 25.6 Å². The van der Waals surface area contributed by atoms with E-state index in [1.54, 1.807) is 0 Å². The molecule has 1 rings (SSSR count). The number of carbonyl (C=O) groups is 4. The van der Waals surface area contributed by atoms with E-state index in [2.05, 4.69) is 16.0 Å². The van der Waals surface area contributed by atoms with Crippen LogP contribution < -0.4 is 21.7 Å². The van der Waals surface area contributed by atoms with Gasteiger partial charge in [-0.15, -0.1) is 0 Å². The van der Waals surface area contributed by atoms with Gasteiger partial charge in [0.25, 0.3) is 0 Å². The summed E-state index contributed by atoms with van der Waals surface area (Å²) in [4.78, 5) is 50.7. The lowest BCUT2D eigenvalue weighted by Crippen LogP contribution is -2.59. The molecule has 0 fully saturated rings. The molecular formula is C26H42N4O5S. The molecule has 0 saturated carbocycles. The van der Waals surface area contributed by atoms with Gasteiger partial charge < -0.3 is 26.8 Å². The maximum absolute atomic E-state index is 13.3. The van der Waals surface area contributed by atoms with Gasteiger partial charge in [-0.25, -0.2) is 4.79 Å². The third-order valence-corrected chi connectivity index (χ3v) is 6.64. The summed E-state index contributed by atoms with van der Waals surface area (Å²) in [6, 6.07) is 5.66. The molecule has 6 N–H and O–H groups in total. The number of carboxylic acids is 1. The fourth-order valence-electron chi connectivity index (χ4n) is 3.65. The Morgan fingerprint density at radius 1 is 0.944 bits per heavy atom. The van der Waals surface area contributed by atoms with Crippen molar-refractivity contribution >= 4 is 35.5 Å². The van der Waals surface area contributed by atoms with Crippen LogP contribution in [0.5, 0.6) is 0 Å². The van der Waals surface area contributed by atoms with Gasteiger partial charge >= 0.3 is 5.97 Å². The standard InChI is InChI=1S/C26H42N4O5S/c1-6-17(4)22(30-23(31)19(27)15-18-10-8-7-9-11-18)25(33)29-21(14-16(2)3)24(32)28-20(26(34)35)12-13-36-5/h7-11,16-17,19-22H,6,12-15,27H2,1-5H3,(H,28,32)(H,29,33)(H,30,31)(H,34,35). The summed E-state index contributed by atoms with van der Waals surface area (Å²) in [5.41, 5.74) is 7.02. The minimum absolute atomic E-state index is 0.0615. The van der Waals surface area contributed by atoms with Crippen LogP contribution in [0.3, 0.4) is 0 Å². The van der Waals surface area contributed by atoms with Gasteiger partial charge in [0.15, 0.2) is 0 Å². The van der Waals surface area contributed by atoms with Crippen LogP contribution in [0.1, 0.15) is 52.5 Å². The Morgan fingerprint density at radius 3 is 2.08 bits per heavy atom. The second-order valence-corrected chi connectivity index (χ2v) is 10.5. The zero-order valence-electron chi connectivity index (χ0n) is 22.0. The number of aliphatic carboxylic acids is 1. The largest absolute Gasteiger partial charge is 0.480 e. The Balaban J connectivity index is 2.96. The summed E-state index contributed by atoms with van der Waals surface area (Å²) in [6.07, 6.45) is 3.39. The zero-order valence-corrected chi connectivity index (χ0v) is 22.8. The smallest absolute Gasteiger partial charge is 0.326 e. The van der Waals surface area contributed by atoms with Crippen molar-refractivity contribution < 1.29 is 24.3 Å². The molecule has 10 heteroatoms. The van der Waals surface area contributed by atoms with Crippen LogP contribution in [0, 0.1) is 11.8 Å². The zero-order chi connectivity index (χ0) is 27.3. The number of amides is 3. The maximum Gasteiger partial charge on any atom is 0.326 e. The highest BCUT2D eigenvalue weighted by Crippen LogP contribution is 2.12. The van der Waals surface area contributed by atoms with Gasteiger partial charge in [-0.05, 0) is 48.7 Å². The van der Waals surface area contributed by atoms with Crippen molar-refractivity contribution in [3.63, 3.8) is 0 Å². The van der Waals surface area contributed by atoms with Crippen molar-refractivity contribution in [3.8, 4) is 0 Å². The van der Waals surface area contributed by atoms with Crippen LogP contribution in [0.4, 0.5) is 0 Å². The summed E-state index contributed by atoms with van der Waals surface area (Å²) in [5, 5.41) is 17.6. The Morgan fingerprint density at radius 2 is 1.56 bits per heavy atom. The Kier molecular flexibility index (Phi) is 14.2. The molecule has 0 aromatic heterocycles. The summed E-state index contributed by atoms with van der Waals surface area (Å²) in [6.45, 7) is 7.56. The van der Waals surface area contributed by atoms with Gasteiger partial charge in [0.2, 0.25) is 17.7 Å². The van der Waals surface area contributed by atoms with Crippen molar-refractivity contribution in [2.24, 2.45) is 17.6 Å². The fourth-order valence-corrected chi connectivity index (χ4v) is 4.12. The van der Waals surface area contributed by atoms with E-state index >= 15 is 0 Å². The molecule has 1 aromatic carbocycles. The van der Waals surface area contributed by atoms with Crippen molar-refractivity contribution in [2.75, 3.05) is 12.0 Å². The molecule has 0 radical (unpaired) electrons. The molecule has 0 spiro atoms. The SMILES string of the molecule is CCC(C)C(NC(=O)C(N)Cc1ccccc1)C(=O)NC(CC(C)C)C(=O)NC(CCSC)C(=O)O. The summed E-state index contributed by atoms with van der Waals surface area (Å²) in [7, 11) is 0. The van der Waals surface area contributed by atoms with Crippen LogP contribution in [-0.4, -0.2) is 65.0 Å². The second-order valence-electron chi connectivity index (χ2n) is 9.54. The fraction of sp³-hybridized carbons (Fsp3) is 0.615. The number of benzene rings is 1. The highest BCUT2D eigenvalue weighted by atomic mass is 32.2. The van der Waals surface area contributed by atoms with Gasteiger partial charge in [-0.3, -0.25) is 14.4 Å². The Hall–Kier alpha value is -2.59. The van der Waals surface area contributed by atoms with E-state index in [1.165, 1.54) is 11.8 Å². The number of carboxylic acid groups (broad SMARTS) is 1. The van der Waals surface area contributed by atoms with Crippen LogP contribution in [0.15, 0.2) is 30.3 Å². The molecule has 5 atom stereocenters. The van der Waals surface area contributed by atoms with E-state index in [0.717, 1.165) is 5.56 Å². The van der Waals surface area contributed by atoms with Crippen molar-refractivity contribution in [3.05, 3.63) is 35.9 Å². The van der Waals surface area contributed by atoms with Gasteiger partial charge in [0.05, 0.1) is 6.04 Å². The van der Waals surface area contributed by atoms with E-state index < -0.39 is 47.9 Å². The van der Waals surface area contributed by atoms with Crippen molar-refractivity contribution in [1.82, 2.24) is 16.0 Å². The Labute approximate surface area is 218 Å².